The van der Waals surface area contributed by atoms with Gasteiger partial charge in [0, 0.05) is 12.3 Å². The van der Waals surface area contributed by atoms with Crippen molar-refractivity contribution in [2.24, 2.45) is 0 Å². The minimum absolute atomic E-state index is 0.220. The standard InChI is InChI=1S/C18H15NO4/c20-18-22-12-17(23-18)19-9-8-14-6-7-15(10-16(14)19)21-11-13-4-2-1-3-5-13/h1-10,17H,11-12H2. The Balaban J connectivity index is 1.58. The smallest absolute Gasteiger partial charge is 0.489 e. The summed E-state index contributed by atoms with van der Waals surface area (Å²) in [5.74, 6) is 0.770. The number of nitrogens with zero attached hydrogens (tertiary/aromatic N) is 1. The second-order valence-corrected chi connectivity index (χ2v) is 5.35. The van der Waals surface area contributed by atoms with Crippen LogP contribution in [0, 0.1) is 0 Å². The van der Waals surface area contributed by atoms with Crippen LogP contribution < -0.4 is 4.74 Å². The monoisotopic (exact) mass is 309 g/mol. The highest BCUT2D eigenvalue weighted by molar-refractivity contribution is 5.82. The van der Waals surface area contributed by atoms with Gasteiger partial charge in [0.05, 0.1) is 5.52 Å². The summed E-state index contributed by atoms with van der Waals surface area (Å²) in [6.45, 7) is 0.728. The zero-order valence-corrected chi connectivity index (χ0v) is 12.3. The van der Waals surface area contributed by atoms with E-state index in [2.05, 4.69) is 0 Å². The van der Waals surface area contributed by atoms with E-state index in [-0.39, 0.29) is 6.61 Å². The molecule has 3 aromatic rings. The molecule has 1 saturated heterocycles. The molecule has 5 nitrogen and oxygen atoms in total. The van der Waals surface area contributed by atoms with Crippen LogP contribution in [0.25, 0.3) is 10.9 Å². The third-order valence-electron chi connectivity index (χ3n) is 3.83. The Morgan fingerprint density at radius 2 is 2.00 bits per heavy atom. The summed E-state index contributed by atoms with van der Waals surface area (Å²) in [6, 6.07) is 17.9. The van der Waals surface area contributed by atoms with E-state index in [0.717, 1.165) is 22.2 Å². The molecule has 2 aromatic carbocycles. The molecule has 0 amide bonds. The maximum absolute atomic E-state index is 11.1. The van der Waals surface area contributed by atoms with Crippen LogP contribution in [-0.4, -0.2) is 17.3 Å². The number of fused-ring (bicyclic) bond motifs is 1. The fraction of sp³-hybridized carbons (Fsp3) is 0.167. The van der Waals surface area contributed by atoms with Crippen molar-refractivity contribution in [1.82, 2.24) is 4.57 Å². The van der Waals surface area contributed by atoms with E-state index in [4.69, 9.17) is 14.2 Å². The van der Waals surface area contributed by atoms with Gasteiger partial charge < -0.3 is 18.8 Å². The van der Waals surface area contributed by atoms with Gasteiger partial charge in [-0.1, -0.05) is 30.3 Å². The summed E-state index contributed by atoms with van der Waals surface area (Å²) in [7, 11) is 0. The average Bonchev–Trinajstić information content (AvgIpc) is 3.19. The van der Waals surface area contributed by atoms with E-state index in [0.29, 0.717) is 6.61 Å². The summed E-state index contributed by atoms with van der Waals surface area (Å²) in [4.78, 5) is 11.1. The van der Waals surface area contributed by atoms with Gasteiger partial charge in [-0.3, -0.25) is 0 Å². The van der Waals surface area contributed by atoms with Crippen LogP contribution in [0.4, 0.5) is 4.79 Å². The predicted octanol–water partition coefficient (Wildman–Crippen LogP) is 3.89. The van der Waals surface area contributed by atoms with Crippen LogP contribution >= 0.6 is 0 Å². The molecule has 0 saturated carbocycles. The molecule has 1 aliphatic rings. The molecule has 0 bridgehead atoms. The molecular weight excluding hydrogens is 294 g/mol. The highest BCUT2D eigenvalue weighted by Gasteiger charge is 2.27. The van der Waals surface area contributed by atoms with Gasteiger partial charge in [-0.05, 0) is 29.1 Å². The Bertz CT molecular complexity index is 841. The highest BCUT2D eigenvalue weighted by Crippen LogP contribution is 2.28. The summed E-state index contributed by atoms with van der Waals surface area (Å²) < 4.78 is 17.7. The molecule has 1 unspecified atom stereocenters. The number of benzene rings is 2. The molecule has 0 spiro atoms. The molecule has 0 radical (unpaired) electrons. The number of ether oxygens (including phenoxy) is 3. The molecule has 2 heterocycles. The Morgan fingerprint density at radius 3 is 2.78 bits per heavy atom. The molecule has 1 aliphatic heterocycles. The zero-order valence-electron chi connectivity index (χ0n) is 12.3. The lowest BCUT2D eigenvalue weighted by atomic mass is 10.2. The van der Waals surface area contributed by atoms with Gasteiger partial charge in [-0.2, -0.15) is 0 Å². The number of hydrogen-bond acceptors (Lipinski definition) is 4. The Labute approximate surface area is 133 Å². The number of aromatic nitrogens is 1. The fourth-order valence-electron chi connectivity index (χ4n) is 2.67. The number of carbonyl (C=O) groups excluding carboxylic acids is 1. The first-order chi connectivity index (χ1) is 11.3. The maximum Gasteiger partial charge on any atom is 0.510 e. The molecular formula is C18H15NO4. The molecule has 1 aromatic heterocycles. The van der Waals surface area contributed by atoms with Crippen molar-refractivity contribution in [3.8, 4) is 5.75 Å². The van der Waals surface area contributed by atoms with Crippen molar-refractivity contribution in [3.63, 3.8) is 0 Å². The Kier molecular flexibility index (Phi) is 3.38. The van der Waals surface area contributed by atoms with E-state index < -0.39 is 12.4 Å². The van der Waals surface area contributed by atoms with Crippen molar-refractivity contribution >= 4 is 17.1 Å². The molecule has 4 rings (SSSR count). The largest absolute Gasteiger partial charge is 0.510 e. The Hall–Kier alpha value is -2.95. The van der Waals surface area contributed by atoms with Gasteiger partial charge in [0.2, 0.25) is 6.23 Å². The topological polar surface area (TPSA) is 49.7 Å². The molecule has 5 heteroatoms. The maximum atomic E-state index is 11.1. The first-order valence-electron chi connectivity index (χ1n) is 7.40. The molecule has 0 N–H and O–H groups in total. The first kappa shape index (κ1) is 13.7. The van der Waals surface area contributed by atoms with Gasteiger partial charge in [-0.15, -0.1) is 0 Å². The SMILES string of the molecule is O=C1OCC(n2ccc3ccc(OCc4ccccc4)cc32)O1. The van der Waals surface area contributed by atoms with E-state index in [1.54, 1.807) is 0 Å². The molecule has 0 aliphatic carbocycles. The van der Waals surface area contributed by atoms with E-state index in [1.807, 2.05) is 65.4 Å². The van der Waals surface area contributed by atoms with Gasteiger partial charge in [0.25, 0.3) is 0 Å². The number of rotatable bonds is 4. The van der Waals surface area contributed by atoms with Gasteiger partial charge in [0.1, 0.15) is 12.4 Å². The normalized spacial score (nSPS) is 17.0. The van der Waals surface area contributed by atoms with E-state index in [9.17, 15) is 4.79 Å². The second kappa shape index (κ2) is 5.68. The lowest BCUT2D eigenvalue weighted by Crippen LogP contribution is -2.09. The molecule has 23 heavy (non-hydrogen) atoms. The van der Waals surface area contributed by atoms with Gasteiger partial charge >= 0.3 is 6.16 Å². The van der Waals surface area contributed by atoms with Crippen molar-refractivity contribution in [2.75, 3.05) is 6.61 Å². The Morgan fingerprint density at radius 1 is 1.13 bits per heavy atom. The third kappa shape index (κ3) is 2.73. The van der Waals surface area contributed by atoms with Gasteiger partial charge in [0.15, 0.2) is 6.61 Å². The fourth-order valence-corrected chi connectivity index (χ4v) is 2.67. The van der Waals surface area contributed by atoms with Crippen molar-refractivity contribution < 1.29 is 19.0 Å². The molecule has 1 atom stereocenters. The second-order valence-electron chi connectivity index (χ2n) is 5.35. The van der Waals surface area contributed by atoms with Crippen LogP contribution in [0.3, 0.4) is 0 Å². The molecule has 1 fully saturated rings. The zero-order chi connectivity index (χ0) is 15.6. The lowest BCUT2D eigenvalue weighted by molar-refractivity contribution is 0.0979. The summed E-state index contributed by atoms with van der Waals surface area (Å²) in [5, 5.41) is 1.06. The van der Waals surface area contributed by atoms with E-state index in [1.165, 1.54) is 0 Å². The lowest BCUT2D eigenvalue weighted by Gasteiger charge is -2.11. The van der Waals surface area contributed by atoms with Crippen LogP contribution in [0.2, 0.25) is 0 Å². The van der Waals surface area contributed by atoms with Crippen LogP contribution in [0.5, 0.6) is 5.75 Å². The average molecular weight is 309 g/mol. The van der Waals surface area contributed by atoms with Crippen molar-refractivity contribution in [3.05, 3.63) is 66.4 Å². The first-order valence-corrected chi connectivity index (χ1v) is 7.40. The minimum atomic E-state index is -0.631. The van der Waals surface area contributed by atoms with Crippen LogP contribution in [0.1, 0.15) is 11.8 Å². The summed E-state index contributed by atoms with van der Waals surface area (Å²) >= 11 is 0. The molecule has 116 valence electrons. The van der Waals surface area contributed by atoms with Crippen molar-refractivity contribution in [1.29, 1.82) is 0 Å². The predicted molar refractivity (Wildman–Crippen MR) is 84.2 cm³/mol. The minimum Gasteiger partial charge on any atom is -0.489 e. The quantitative estimate of drug-likeness (QED) is 0.686. The third-order valence-corrected chi connectivity index (χ3v) is 3.83. The number of carbonyl (C=O) groups is 1. The number of hydrogen-bond donors (Lipinski definition) is 0. The summed E-state index contributed by atoms with van der Waals surface area (Å²) in [6.07, 6.45) is 0.829. The van der Waals surface area contributed by atoms with Crippen molar-refractivity contribution in [2.45, 2.75) is 12.8 Å². The van der Waals surface area contributed by atoms with Gasteiger partial charge in [-0.25, -0.2) is 4.79 Å². The summed E-state index contributed by atoms with van der Waals surface area (Å²) in [5.41, 5.74) is 2.06. The highest BCUT2D eigenvalue weighted by atomic mass is 16.8. The van der Waals surface area contributed by atoms with Crippen LogP contribution in [-0.2, 0) is 16.1 Å². The van der Waals surface area contributed by atoms with Crippen LogP contribution in [0.15, 0.2) is 60.8 Å². The number of cyclic esters (lactones) is 2. The van der Waals surface area contributed by atoms with E-state index >= 15 is 0 Å².